The Bertz CT molecular complexity index is 1120. The summed E-state index contributed by atoms with van der Waals surface area (Å²) < 4.78 is 12.6. The first-order valence-electron chi connectivity index (χ1n) is 10.5. The summed E-state index contributed by atoms with van der Waals surface area (Å²) in [5.41, 5.74) is 4.28. The van der Waals surface area contributed by atoms with Crippen LogP contribution in [0.25, 0.3) is 5.47 Å². The van der Waals surface area contributed by atoms with Gasteiger partial charge in [-0.05, 0) is 82.8 Å². The highest BCUT2D eigenvalue weighted by molar-refractivity contribution is 6.66. The van der Waals surface area contributed by atoms with Crippen LogP contribution in [0.15, 0.2) is 35.3 Å². The Hall–Kier alpha value is -2.49. The zero-order chi connectivity index (χ0) is 21.7. The van der Waals surface area contributed by atoms with E-state index in [0.717, 1.165) is 39.5 Å². The zero-order valence-electron chi connectivity index (χ0n) is 19.0. The van der Waals surface area contributed by atoms with Gasteiger partial charge >= 0.3 is 7.12 Å². The Morgan fingerprint density at radius 2 is 1.73 bits per heavy atom. The molecule has 2 aromatic rings. The van der Waals surface area contributed by atoms with E-state index in [0.29, 0.717) is 0 Å². The molecule has 4 rings (SSSR count). The molecule has 1 aromatic heterocycles. The average Bonchev–Trinajstić information content (AvgIpc) is 3.16. The molecule has 0 spiro atoms. The Morgan fingerprint density at radius 1 is 1.10 bits per heavy atom. The van der Waals surface area contributed by atoms with Gasteiger partial charge in [0.05, 0.1) is 22.9 Å². The minimum Gasteiger partial charge on any atom is -0.400 e. The van der Waals surface area contributed by atoms with Gasteiger partial charge in [-0.3, -0.25) is 4.99 Å². The van der Waals surface area contributed by atoms with Gasteiger partial charge < -0.3 is 19.2 Å². The number of aromatic amines is 1. The molecule has 2 aliphatic rings. The maximum Gasteiger partial charge on any atom is 0.491 e. The van der Waals surface area contributed by atoms with Crippen molar-refractivity contribution in [3.05, 3.63) is 52.3 Å². The number of anilines is 1. The molecule has 1 aromatic carbocycles. The summed E-state index contributed by atoms with van der Waals surface area (Å²) >= 11 is 0. The van der Waals surface area contributed by atoms with Crippen molar-refractivity contribution < 1.29 is 10.7 Å². The van der Waals surface area contributed by atoms with Gasteiger partial charge in [-0.1, -0.05) is 5.92 Å². The number of aromatic nitrogens is 1. The molecule has 3 heterocycles. The highest BCUT2D eigenvalue weighted by Gasteiger charge is 2.52. The van der Waals surface area contributed by atoms with Crippen molar-refractivity contribution in [2.45, 2.75) is 58.3 Å². The molecule has 0 radical (unpaired) electrons. The maximum absolute atomic E-state index is 6.32. The van der Waals surface area contributed by atoms with Crippen LogP contribution in [0.1, 0.15) is 53.7 Å². The predicted octanol–water partition coefficient (Wildman–Crippen LogP) is 2.92. The van der Waals surface area contributed by atoms with E-state index in [1.165, 1.54) is 0 Å². The van der Waals surface area contributed by atoms with Crippen molar-refractivity contribution in [2.75, 3.05) is 19.0 Å². The Balaban J connectivity index is 0.00000272. The zero-order valence-corrected chi connectivity index (χ0v) is 19.0. The van der Waals surface area contributed by atoms with Crippen LogP contribution in [0.3, 0.4) is 0 Å². The summed E-state index contributed by atoms with van der Waals surface area (Å²) in [7, 11) is 3.70. The lowest BCUT2D eigenvalue weighted by atomic mass is 9.73. The quantitative estimate of drug-likeness (QED) is 0.618. The molecule has 1 fully saturated rings. The molecule has 0 bridgehead atoms. The molecule has 30 heavy (non-hydrogen) atoms. The lowest BCUT2D eigenvalue weighted by molar-refractivity contribution is 0.00578. The summed E-state index contributed by atoms with van der Waals surface area (Å²) in [6, 6.07) is 10.5. The van der Waals surface area contributed by atoms with Crippen LogP contribution in [0.5, 0.6) is 0 Å². The smallest absolute Gasteiger partial charge is 0.400 e. The standard InChI is InChI=1S/C24H30BN3O2.H2/c1-16-14-21(25-29-23(2,3)24(4,5)30-25)20-15-18(27-22(20)26-16)11-8-17-9-12-19(13-10-17)28(6)7;/h9-10,12-13,15-16H,14H2,1-7H3,(H,26,27);1H. The Kier molecular flexibility index (Phi) is 5.08. The van der Waals surface area contributed by atoms with Crippen molar-refractivity contribution in [2.24, 2.45) is 4.99 Å². The number of rotatable bonds is 2. The third-order valence-corrected chi connectivity index (χ3v) is 6.27. The van der Waals surface area contributed by atoms with Gasteiger partial charge in [-0.2, -0.15) is 0 Å². The van der Waals surface area contributed by atoms with E-state index in [-0.39, 0.29) is 25.8 Å². The molecule has 1 N–H and O–H groups in total. The number of fused-ring (bicyclic) bond motifs is 1. The molecule has 0 saturated carbocycles. The molecule has 0 aliphatic carbocycles. The lowest BCUT2D eigenvalue weighted by Gasteiger charge is -2.32. The fraction of sp³-hybridized carbons (Fsp3) is 0.458. The number of hydrogen-bond donors (Lipinski definition) is 1. The molecule has 1 atom stereocenters. The van der Waals surface area contributed by atoms with Crippen molar-refractivity contribution in [3.8, 4) is 11.8 Å². The minimum absolute atomic E-state index is 0. The van der Waals surface area contributed by atoms with Gasteiger partial charge in [0, 0.05) is 32.0 Å². The molecular formula is C24H32BN3O2. The van der Waals surface area contributed by atoms with Gasteiger partial charge in [-0.25, -0.2) is 0 Å². The number of H-pyrrole nitrogens is 1. The summed E-state index contributed by atoms with van der Waals surface area (Å²) in [4.78, 5) is 10.2. The second-order valence-corrected chi connectivity index (χ2v) is 9.43. The number of benzene rings is 1. The van der Waals surface area contributed by atoms with Crippen molar-refractivity contribution >= 4 is 18.3 Å². The molecule has 6 heteroatoms. The maximum atomic E-state index is 6.32. The van der Waals surface area contributed by atoms with Crippen LogP contribution in [-0.4, -0.2) is 43.4 Å². The number of nitrogens with zero attached hydrogens (tertiary/aromatic N) is 2. The van der Waals surface area contributed by atoms with E-state index in [4.69, 9.17) is 14.3 Å². The molecule has 5 nitrogen and oxygen atoms in total. The second-order valence-electron chi connectivity index (χ2n) is 9.43. The summed E-state index contributed by atoms with van der Waals surface area (Å²) in [5, 5.41) is 1.05. The normalized spacial score (nSPS) is 21.5. The fourth-order valence-corrected chi connectivity index (χ4v) is 3.74. The van der Waals surface area contributed by atoms with Crippen molar-refractivity contribution in [1.29, 1.82) is 0 Å². The van der Waals surface area contributed by atoms with Crippen molar-refractivity contribution in [3.63, 3.8) is 0 Å². The van der Waals surface area contributed by atoms with E-state index in [1.807, 2.05) is 26.2 Å². The largest absolute Gasteiger partial charge is 0.491 e. The van der Waals surface area contributed by atoms with Gasteiger partial charge in [0.1, 0.15) is 5.49 Å². The average molecular weight is 405 g/mol. The van der Waals surface area contributed by atoms with Crippen LogP contribution >= 0.6 is 0 Å². The van der Waals surface area contributed by atoms with Crippen molar-refractivity contribution in [1.82, 2.24) is 4.98 Å². The monoisotopic (exact) mass is 405 g/mol. The molecular weight excluding hydrogens is 373 g/mol. The lowest BCUT2D eigenvalue weighted by Crippen LogP contribution is -2.41. The Morgan fingerprint density at radius 3 is 2.33 bits per heavy atom. The molecule has 0 amide bonds. The molecule has 2 aliphatic heterocycles. The SMILES string of the molecule is CC1CC(B2OC(C)(C)C(C)(C)O2)=c2cc(C#Cc3ccc(N(C)C)cc3)[nH]c2=N1.[HH]. The van der Waals surface area contributed by atoms with E-state index < -0.39 is 0 Å². The second kappa shape index (κ2) is 7.33. The van der Waals surface area contributed by atoms with E-state index in [2.05, 4.69) is 74.5 Å². The van der Waals surface area contributed by atoms with Gasteiger partial charge in [0.25, 0.3) is 0 Å². The van der Waals surface area contributed by atoms with Crippen LogP contribution < -0.4 is 15.6 Å². The first kappa shape index (κ1) is 20.8. The topological polar surface area (TPSA) is 49.9 Å². The molecule has 158 valence electrons. The highest BCUT2D eigenvalue weighted by atomic mass is 16.7. The Labute approximate surface area is 180 Å². The van der Waals surface area contributed by atoms with Crippen LogP contribution in [0.2, 0.25) is 0 Å². The minimum atomic E-state index is -0.361. The number of nitrogens with one attached hydrogen (secondary N) is 1. The first-order valence-corrected chi connectivity index (χ1v) is 10.5. The molecule has 1 unspecified atom stereocenters. The van der Waals surface area contributed by atoms with Gasteiger partial charge in [0.15, 0.2) is 0 Å². The highest BCUT2D eigenvalue weighted by Crippen LogP contribution is 2.39. The summed E-state index contributed by atoms with van der Waals surface area (Å²) in [5.74, 6) is 6.50. The third-order valence-electron chi connectivity index (χ3n) is 6.27. The van der Waals surface area contributed by atoms with E-state index in [9.17, 15) is 0 Å². The molecule has 1 saturated heterocycles. The van der Waals surface area contributed by atoms with E-state index >= 15 is 0 Å². The summed E-state index contributed by atoms with van der Waals surface area (Å²) in [6.07, 6.45) is 0.820. The number of hydrogen-bond acceptors (Lipinski definition) is 4. The first-order chi connectivity index (χ1) is 14.1. The third kappa shape index (κ3) is 3.80. The summed E-state index contributed by atoms with van der Waals surface area (Å²) in [6.45, 7) is 10.5. The van der Waals surface area contributed by atoms with Gasteiger partial charge in [0.2, 0.25) is 0 Å². The predicted molar refractivity (Wildman–Crippen MR) is 124 cm³/mol. The van der Waals surface area contributed by atoms with Crippen LogP contribution in [0, 0.1) is 11.8 Å². The van der Waals surface area contributed by atoms with Crippen LogP contribution in [-0.2, 0) is 9.31 Å². The fourth-order valence-electron chi connectivity index (χ4n) is 3.74. The van der Waals surface area contributed by atoms with Gasteiger partial charge in [-0.15, -0.1) is 0 Å². The van der Waals surface area contributed by atoms with Crippen LogP contribution in [0.4, 0.5) is 5.69 Å². The van der Waals surface area contributed by atoms with E-state index in [1.54, 1.807) is 0 Å².